The highest BCUT2D eigenvalue weighted by Gasteiger charge is 2.15. The molecule has 2 N–H and O–H groups in total. The number of benzene rings is 1. The molecule has 0 unspecified atom stereocenters. The minimum absolute atomic E-state index is 0.0638. The highest BCUT2D eigenvalue weighted by Crippen LogP contribution is 2.26. The second-order valence-corrected chi connectivity index (χ2v) is 6.97. The molecule has 4 rings (SSSR count). The van der Waals surface area contributed by atoms with Crippen molar-refractivity contribution >= 4 is 22.5 Å². The van der Waals surface area contributed by atoms with E-state index in [4.69, 9.17) is 4.98 Å². The van der Waals surface area contributed by atoms with E-state index in [1.807, 2.05) is 67.1 Å². The fourth-order valence-electron chi connectivity index (χ4n) is 3.43. The lowest BCUT2D eigenvalue weighted by Crippen LogP contribution is -2.16. The molecule has 0 aliphatic heterocycles. The molecule has 0 bridgehead atoms. The molecule has 0 spiro atoms. The van der Waals surface area contributed by atoms with Crippen LogP contribution in [0.5, 0.6) is 0 Å². The van der Waals surface area contributed by atoms with Gasteiger partial charge in [0.2, 0.25) is 0 Å². The average Bonchev–Trinajstić information content (AvgIpc) is 2.74. The van der Waals surface area contributed by atoms with Crippen LogP contribution >= 0.6 is 0 Å². The zero-order chi connectivity index (χ0) is 20.2. The minimum atomic E-state index is -0.0638. The Balaban J connectivity index is 1.96. The quantitative estimate of drug-likeness (QED) is 0.628. The molecule has 1 aliphatic rings. The number of hydrogen-bond acceptors (Lipinski definition) is 4. The van der Waals surface area contributed by atoms with E-state index < -0.39 is 0 Å². The van der Waals surface area contributed by atoms with Gasteiger partial charge in [0.15, 0.2) is 5.43 Å². The van der Waals surface area contributed by atoms with E-state index in [0.717, 1.165) is 35.6 Å². The van der Waals surface area contributed by atoms with Crippen LogP contribution in [0.2, 0.25) is 0 Å². The van der Waals surface area contributed by atoms with Crippen LogP contribution < -0.4 is 16.1 Å². The van der Waals surface area contributed by atoms with Crippen molar-refractivity contribution in [2.45, 2.75) is 26.7 Å². The summed E-state index contributed by atoms with van der Waals surface area (Å²) in [4.78, 5) is 17.8. The molecule has 29 heavy (non-hydrogen) atoms. The van der Waals surface area contributed by atoms with Gasteiger partial charge in [0, 0.05) is 17.5 Å². The third-order valence-electron chi connectivity index (χ3n) is 4.87. The number of allylic oxidation sites excluding steroid dienone is 4. The summed E-state index contributed by atoms with van der Waals surface area (Å²) in [6.07, 6.45) is 12.1. The van der Waals surface area contributed by atoms with Crippen molar-refractivity contribution in [1.29, 1.82) is 0 Å². The molecule has 1 aromatic carbocycles. The molecule has 0 radical (unpaired) electrons. The van der Waals surface area contributed by atoms with Gasteiger partial charge >= 0.3 is 0 Å². The van der Waals surface area contributed by atoms with Gasteiger partial charge in [-0.3, -0.25) is 9.36 Å². The SMILES string of the molecule is C/C=C/Nc1cc2c(=O)cc(NC3=CCCC=C3)n(-c3ccccc3)c2nc1C. The normalized spacial score (nSPS) is 13.7. The summed E-state index contributed by atoms with van der Waals surface area (Å²) in [6, 6.07) is 13.5. The number of fused-ring (bicyclic) bond motifs is 1. The van der Waals surface area contributed by atoms with Crippen molar-refractivity contribution < 1.29 is 0 Å². The molecule has 0 saturated carbocycles. The van der Waals surface area contributed by atoms with E-state index in [1.54, 1.807) is 6.07 Å². The van der Waals surface area contributed by atoms with E-state index in [2.05, 4.69) is 28.9 Å². The van der Waals surface area contributed by atoms with Gasteiger partial charge in [0.05, 0.1) is 16.8 Å². The number of hydrogen-bond donors (Lipinski definition) is 2. The summed E-state index contributed by atoms with van der Waals surface area (Å²) >= 11 is 0. The smallest absolute Gasteiger partial charge is 0.193 e. The van der Waals surface area contributed by atoms with Crippen molar-refractivity contribution in [2.24, 2.45) is 0 Å². The molecule has 2 heterocycles. The second-order valence-electron chi connectivity index (χ2n) is 6.97. The standard InChI is InChI=1S/C24H24N4O/c1-3-14-25-21-15-20-22(29)16-23(27-18-10-6-4-7-11-18)28(24(20)26-17(21)2)19-12-8-5-9-13-19/h3,5-6,8-16,25,27H,4,7H2,1-2H3/b14-3+. The van der Waals surface area contributed by atoms with Crippen LogP contribution in [0.4, 0.5) is 11.5 Å². The zero-order valence-electron chi connectivity index (χ0n) is 16.6. The van der Waals surface area contributed by atoms with Gasteiger partial charge in [-0.15, -0.1) is 0 Å². The van der Waals surface area contributed by atoms with Gasteiger partial charge in [-0.25, -0.2) is 4.98 Å². The van der Waals surface area contributed by atoms with Gasteiger partial charge < -0.3 is 10.6 Å². The van der Waals surface area contributed by atoms with Gasteiger partial charge in [-0.2, -0.15) is 0 Å². The molecular formula is C24H24N4O. The van der Waals surface area contributed by atoms with Gasteiger partial charge in [-0.05, 0) is 57.2 Å². The van der Waals surface area contributed by atoms with Gasteiger partial charge in [0.25, 0.3) is 0 Å². The van der Waals surface area contributed by atoms with Gasteiger partial charge in [0.1, 0.15) is 11.5 Å². The number of para-hydroxylation sites is 1. The summed E-state index contributed by atoms with van der Waals surface area (Å²) in [5.74, 6) is 0.701. The van der Waals surface area contributed by atoms with Crippen molar-refractivity contribution in [3.8, 4) is 5.69 Å². The van der Waals surface area contributed by atoms with Crippen molar-refractivity contribution in [1.82, 2.24) is 9.55 Å². The summed E-state index contributed by atoms with van der Waals surface area (Å²) in [5.41, 5.74) is 4.16. The molecule has 0 amide bonds. The maximum Gasteiger partial charge on any atom is 0.193 e. The van der Waals surface area contributed by atoms with Crippen LogP contribution in [-0.4, -0.2) is 9.55 Å². The lowest BCUT2D eigenvalue weighted by atomic mass is 10.1. The third-order valence-corrected chi connectivity index (χ3v) is 4.87. The fraction of sp³-hybridized carbons (Fsp3) is 0.167. The van der Waals surface area contributed by atoms with Crippen molar-refractivity contribution in [3.05, 3.63) is 94.6 Å². The zero-order valence-corrected chi connectivity index (χ0v) is 16.6. The van der Waals surface area contributed by atoms with E-state index >= 15 is 0 Å². The van der Waals surface area contributed by atoms with Crippen molar-refractivity contribution in [3.63, 3.8) is 0 Å². The Bertz CT molecular complexity index is 1190. The highest BCUT2D eigenvalue weighted by atomic mass is 16.1. The predicted octanol–water partition coefficient (Wildman–Crippen LogP) is 5.29. The maximum absolute atomic E-state index is 13.0. The molecule has 5 heteroatoms. The average molecular weight is 384 g/mol. The molecule has 0 saturated heterocycles. The molecule has 3 aromatic rings. The van der Waals surface area contributed by atoms with Crippen LogP contribution in [0.1, 0.15) is 25.5 Å². The summed E-state index contributed by atoms with van der Waals surface area (Å²) in [6.45, 7) is 3.88. The van der Waals surface area contributed by atoms with Crippen molar-refractivity contribution in [2.75, 3.05) is 10.6 Å². The van der Waals surface area contributed by atoms with E-state index in [-0.39, 0.29) is 5.43 Å². The number of nitrogens with zero attached hydrogens (tertiary/aromatic N) is 2. The first kappa shape index (κ1) is 18.7. The topological polar surface area (TPSA) is 59.0 Å². The Morgan fingerprint density at radius 3 is 2.69 bits per heavy atom. The van der Waals surface area contributed by atoms with E-state index in [9.17, 15) is 4.79 Å². The Morgan fingerprint density at radius 2 is 1.97 bits per heavy atom. The molecular weight excluding hydrogens is 360 g/mol. The molecule has 146 valence electrons. The lowest BCUT2D eigenvalue weighted by molar-refractivity contribution is 1.00. The molecule has 2 aromatic heterocycles. The monoisotopic (exact) mass is 384 g/mol. The molecule has 5 nitrogen and oxygen atoms in total. The molecule has 1 aliphatic carbocycles. The first-order valence-electron chi connectivity index (χ1n) is 9.81. The number of pyridine rings is 2. The summed E-state index contributed by atoms with van der Waals surface area (Å²) in [5, 5.41) is 7.19. The van der Waals surface area contributed by atoms with Crippen LogP contribution in [0.3, 0.4) is 0 Å². The molecule has 0 fully saturated rings. The number of aromatic nitrogens is 2. The lowest BCUT2D eigenvalue weighted by Gasteiger charge is -2.20. The Hall–Kier alpha value is -3.60. The maximum atomic E-state index is 13.0. The highest BCUT2D eigenvalue weighted by molar-refractivity contribution is 5.84. The van der Waals surface area contributed by atoms with Crippen LogP contribution in [0.15, 0.2) is 83.5 Å². The Morgan fingerprint density at radius 1 is 1.14 bits per heavy atom. The van der Waals surface area contributed by atoms with Crippen LogP contribution in [0.25, 0.3) is 16.7 Å². The van der Waals surface area contributed by atoms with Gasteiger partial charge in [-0.1, -0.05) is 36.4 Å². The van der Waals surface area contributed by atoms with E-state index in [1.165, 1.54) is 0 Å². The van der Waals surface area contributed by atoms with Crippen LogP contribution in [-0.2, 0) is 0 Å². The Labute approximate surface area is 170 Å². The number of aryl methyl sites for hydroxylation is 1. The van der Waals surface area contributed by atoms with Crippen LogP contribution in [0, 0.1) is 6.92 Å². The number of anilines is 2. The molecule has 0 atom stereocenters. The Kier molecular flexibility index (Phi) is 5.29. The summed E-state index contributed by atoms with van der Waals surface area (Å²) in [7, 11) is 0. The van der Waals surface area contributed by atoms with E-state index in [0.29, 0.717) is 16.9 Å². The number of rotatable bonds is 5. The first-order chi connectivity index (χ1) is 14.2. The first-order valence-corrected chi connectivity index (χ1v) is 9.81. The minimum Gasteiger partial charge on any atom is -0.361 e. The third kappa shape index (κ3) is 3.85. The number of nitrogens with one attached hydrogen (secondary N) is 2. The summed E-state index contributed by atoms with van der Waals surface area (Å²) < 4.78 is 2.01. The second kappa shape index (κ2) is 8.19. The predicted molar refractivity (Wildman–Crippen MR) is 121 cm³/mol. The largest absolute Gasteiger partial charge is 0.361 e. The fourth-order valence-corrected chi connectivity index (χ4v) is 3.43.